The van der Waals surface area contributed by atoms with Crippen molar-refractivity contribution in [2.45, 2.75) is 20.4 Å². The van der Waals surface area contributed by atoms with Crippen molar-refractivity contribution in [2.75, 3.05) is 11.9 Å². The summed E-state index contributed by atoms with van der Waals surface area (Å²) in [5.74, 6) is 0.535. The summed E-state index contributed by atoms with van der Waals surface area (Å²) in [5, 5.41) is 4.04. The van der Waals surface area contributed by atoms with E-state index in [-0.39, 0.29) is 23.9 Å². The van der Waals surface area contributed by atoms with Crippen LogP contribution in [-0.2, 0) is 11.3 Å². The summed E-state index contributed by atoms with van der Waals surface area (Å²) in [4.78, 5) is 31.1. The zero-order valence-electron chi connectivity index (χ0n) is 17.6. The van der Waals surface area contributed by atoms with Crippen molar-refractivity contribution >= 4 is 11.6 Å². The molecule has 31 heavy (non-hydrogen) atoms. The van der Waals surface area contributed by atoms with Crippen LogP contribution in [-0.4, -0.2) is 27.7 Å². The smallest absolute Gasteiger partial charge is 0.259 e. The van der Waals surface area contributed by atoms with Gasteiger partial charge in [0.2, 0.25) is 11.7 Å². The van der Waals surface area contributed by atoms with Crippen molar-refractivity contribution < 1.29 is 9.32 Å². The fourth-order valence-corrected chi connectivity index (χ4v) is 3.26. The lowest BCUT2D eigenvalue weighted by molar-refractivity contribution is -0.118. The Morgan fingerprint density at radius 1 is 1.00 bits per heavy atom. The molecule has 2 aromatic carbocycles. The standard InChI is InChI=1S/C24H22N4O3/c1-16-6-4-8-18(12-16)23-25-24(31-26-23)19-10-11-21(29)28(14-19)15-22(30)27(3)20-9-5-7-17(2)13-20/h4-14H,15H2,1-3H3. The molecular formula is C24H22N4O3. The number of hydrogen-bond acceptors (Lipinski definition) is 5. The Hall–Kier alpha value is -4.00. The molecule has 0 aliphatic heterocycles. The van der Waals surface area contributed by atoms with E-state index in [4.69, 9.17) is 4.52 Å². The number of amides is 1. The number of carbonyl (C=O) groups is 1. The van der Waals surface area contributed by atoms with Gasteiger partial charge in [0.1, 0.15) is 6.54 Å². The molecule has 0 saturated heterocycles. The highest BCUT2D eigenvalue weighted by molar-refractivity contribution is 5.92. The normalized spacial score (nSPS) is 10.8. The molecule has 0 fully saturated rings. The summed E-state index contributed by atoms with van der Waals surface area (Å²) < 4.78 is 6.75. The number of hydrogen-bond donors (Lipinski definition) is 0. The molecule has 156 valence electrons. The lowest BCUT2D eigenvalue weighted by atomic mass is 10.1. The molecule has 0 bridgehead atoms. The summed E-state index contributed by atoms with van der Waals surface area (Å²) in [7, 11) is 1.69. The molecule has 4 aromatic rings. The molecule has 0 radical (unpaired) electrons. The zero-order chi connectivity index (χ0) is 22.0. The number of nitrogens with zero attached hydrogens (tertiary/aromatic N) is 4. The first kappa shape index (κ1) is 20.3. The molecule has 0 aliphatic rings. The Morgan fingerprint density at radius 2 is 1.74 bits per heavy atom. The number of aryl methyl sites for hydroxylation is 2. The lowest BCUT2D eigenvalue weighted by Crippen LogP contribution is -2.33. The minimum Gasteiger partial charge on any atom is -0.334 e. The maximum absolute atomic E-state index is 12.8. The van der Waals surface area contributed by atoms with Crippen molar-refractivity contribution in [2.24, 2.45) is 0 Å². The van der Waals surface area contributed by atoms with E-state index < -0.39 is 0 Å². The lowest BCUT2D eigenvalue weighted by Gasteiger charge is -2.18. The van der Waals surface area contributed by atoms with E-state index in [0.29, 0.717) is 11.4 Å². The minimum absolute atomic E-state index is 0.101. The quantitative estimate of drug-likeness (QED) is 0.496. The van der Waals surface area contributed by atoms with Crippen LogP contribution >= 0.6 is 0 Å². The third-order valence-corrected chi connectivity index (χ3v) is 5.00. The molecule has 0 aliphatic carbocycles. The third-order valence-electron chi connectivity index (χ3n) is 5.00. The van der Waals surface area contributed by atoms with E-state index >= 15 is 0 Å². The van der Waals surface area contributed by atoms with Crippen molar-refractivity contribution in [3.63, 3.8) is 0 Å². The Bertz CT molecular complexity index is 1310. The zero-order valence-corrected chi connectivity index (χ0v) is 17.6. The van der Waals surface area contributed by atoms with Gasteiger partial charge in [-0.25, -0.2) is 0 Å². The predicted molar refractivity (Wildman–Crippen MR) is 119 cm³/mol. The highest BCUT2D eigenvalue weighted by atomic mass is 16.5. The van der Waals surface area contributed by atoms with Crippen LogP contribution in [0.5, 0.6) is 0 Å². The molecule has 0 spiro atoms. The van der Waals surface area contributed by atoms with Crippen molar-refractivity contribution in [1.82, 2.24) is 14.7 Å². The van der Waals surface area contributed by atoms with Crippen LogP contribution in [0, 0.1) is 13.8 Å². The number of rotatable bonds is 5. The molecule has 2 heterocycles. The number of benzene rings is 2. The second kappa shape index (κ2) is 8.39. The SMILES string of the molecule is Cc1cccc(-c2noc(-c3ccc(=O)n(CC(=O)N(C)c4cccc(C)c4)c3)n2)c1. The van der Waals surface area contributed by atoms with Crippen LogP contribution in [0.25, 0.3) is 22.8 Å². The maximum Gasteiger partial charge on any atom is 0.259 e. The van der Waals surface area contributed by atoms with Crippen molar-refractivity contribution in [3.8, 4) is 22.8 Å². The summed E-state index contributed by atoms with van der Waals surface area (Å²) in [6, 6.07) is 18.4. The monoisotopic (exact) mass is 414 g/mol. The molecule has 0 N–H and O–H groups in total. The summed E-state index contributed by atoms with van der Waals surface area (Å²) in [5.41, 5.74) is 4.04. The van der Waals surface area contributed by atoms with Gasteiger partial charge in [0.05, 0.1) is 5.56 Å². The molecule has 2 aromatic heterocycles. The molecule has 1 amide bonds. The van der Waals surface area contributed by atoms with Gasteiger partial charge in [0.15, 0.2) is 0 Å². The number of aromatic nitrogens is 3. The number of anilines is 1. The largest absolute Gasteiger partial charge is 0.334 e. The van der Waals surface area contributed by atoms with Gasteiger partial charge in [-0.15, -0.1) is 0 Å². The highest BCUT2D eigenvalue weighted by Crippen LogP contribution is 2.22. The number of likely N-dealkylation sites (N-methyl/N-ethyl adjacent to an activating group) is 1. The Balaban J connectivity index is 1.58. The molecule has 0 unspecified atom stereocenters. The Kier molecular flexibility index (Phi) is 5.49. The van der Waals surface area contributed by atoms with Gasteiger partial charge >= 0.3 is 0 Å². The van der Waals surface area contributed by atoms with Crippen LogP contribution in [0.4, 0.5) is 5.69 Å². The first-order valence-corrected chi connectivity index (χ1v) is 9.85. The Labute approximate surface area is 179 Å². The first-order valence-electron chi connectivity index (χ1n) is 9.85. The van der Waals surface area contributed by atoms with Gasteiger partial charge in [0, 0.05) is 30.6 Å². The molecule has 7 nitrogen and oxygen atoms in total. The van der Waals surface area contributed by atoms with Crippen molar-refractivity contribution in [1.29, 1.82) is 0 Å². The van der Waals surface area contributed by atoms with E-state index in [0.717, 1.165) is 22.4 Å². The van der Waals surface area contributed by atoms with Crippen LogP contribution in [0.3, 0.4) is 0 Å². The summed E-state index contributed by atoms with van der Waals surface area (Å²) in [6.45, 7) is 3.85. The molecular weight excluding hydrogens is 392 g/mol. The van der Waals surface area contributed by atoms with Gasteiger partial charge < -0.3 is 14.0 Å². The molecule has 0 atom stereocenters. The molecule has 0 saturated carbocycles. The maximum atomic E-state index is 12.8. The molecule has 4 rings (SSSR count). The van der Waals surface area contributed by atoms with Crippen LogP contribution in [0.1, 0.15) is 11.1 Å². The van der Waals surface area contributed by atoms with Gasteiger partial charge in [0.25, 0.3) is 11.4 Å². The van der Waals surface area contributed by atoms with E-state index in [2.05, 4.69) is 10.1 Å². The van der Waals surface area contributed by atoms with Gasteiger partial charge in [-0.05, 0) is 43.7 Å². The topological polar surface area (TPSA) is 81.2 Å². The number of carbonyl (C=O) groups excluding carboxylic acids is 1. The predicted octanol–water partition coefficient (Wildman–Crippen LogP) is 3.85. The fraction of sp³-hybridized carbons (Fsp3) is 0.167. The van der Waals surface area contributed by atoms with Crippen LogP contribution in [0.15, 0.2) is 76.2 Å². The van der Waals surface area contributed by atoms with Crippen LogP contribution in [0.2, 0.25) is 0 Å². The van der Waals surface area contributed by atoms with E-state index in [9.17, 15) is 9.59 Å². The average Bonchev–Trinajstić information content (AvgIpc) is 3.25. The first-order chi connectivity index (χ1) is 14.9. The fourth-order valence-electron chi connectivity index (χ4n) is 3.26. The summed E-state index contributed by atoms with van der Waals surface area (Å²) >= 11 is 0. The van der Waals surface area contributed by atoms with Gasteiger partial charge in [-0.2, -0.15) is 4.98 Å². The van der Waals surface area contributed by atoms with Gasteiger partial charge in [-0.3, -0.25) is 9.59 Å². The number of pyridine rings is 1. The van der Waals surface area contributed by atoms with Crippen molar-refractivity contribution in [3.05, 3.63) is 88.3 Å². The van der Waals surface area contributed by atoms with E-state index in [1.807, 2.05) is 62.4 Å². The highest BCUT2D eigenvalue weighted by Gasteiger charge is 2.15. The van der Waals surface area contributed by atoms with Gasteiger partial charge in [-0.1, -0.05) is 41.1 Å². The minimum atomic E-state index is -0.284. The van der Waals surface area contributed by atoms with E-state index in [1.54, 1.807) is 19.3 Å². The average molecular weight is 414 g/mol. The molecule has 7 heteroatoms. The van der Waals surface area contributed by atoms with Crippen LogP contribution < -0.4 is 10.5 Å². The second-order valence-corrected chi connectivity index (χ2v) is 7.47. The Morgan fingerprint density at radius 3 is 2.48 bits per heavy atom. The second-order valence-electron chi connectivity index (χ2n) is 7.47. The van der Waals surface area contributed by atoms with E-state index in [1.165, 1.54) is 15.5 Å². The third kappa shape index (κ3) is 4.45. The summed E-state index contributed by atoms with van der Waals surface area (Å²) in [6.07, 6.45) is 1.57.